The lowest BCUT2D eigenvalue weighted by Crippen LogP contribution is -2.11. The van der Waals surface area contributed by atoms with Crippen LogP contribution in [0.25, 0.3) is 0 Å². The fourth-order valence-corrected chi connectivity index (χ4v) is 3.40. The minimum absolute atomic E-state index is 0.0481. The van der Waals surface area contributed by atoms with Gasteiger partial charge in [-0.3, -0.25) is 0 Å². The van der Waals surface area contributed by atoms with Gasteiger partial charge in [0.15, 0.2) is 5.82 Å². The molecule has 2 aromatic rings. The summed E-state index contributed by atoms with van der Waals surface area (Å²) in [5.74, 6) is -0.565. The molecule has 1 unspecified atom stereocenters. The number of fused-ring (bicyclic) bond motifs is 1. The third-order valence-corrected chi connectivity index (χ3v) is 4.49. The zero-order chi connectivity index (χ0) is 14.8. The lowest BCUT2D eigenvalue weighted by Gasteiger charge is -2.21. The van der Waals surface area contributed by atoms with Gasteiger partial charge in [0.25, 0.3) is 0 Å². The molecule has 110 valence electrons. The Kier molecular flexibility index (Phi) is 4.37. The first-order chi connectivity index (χ1) is 10.1. The van der Waals surface area contributed by atoms with Crippen molar-refractivity contribution in [2.45, 2.75) is 31.7 Å². The molecule has 0 radical (unpaired) electrons. The van der Waals surface area contributed by atoms with Gasteiger partial charge in [0.2, 0.25) is 0 Å². The van der Waals surface area contributed by atoms with E-state index in [1.807, 2.05) is 0 Å². The molecule has 1 N–H and O–H groups in total. The molecule has 4 heteroatoms. The van der Waals surface area contributed by atoms with E-state index in [1.165, 1.54) is 17.5 Å². The number of nitrogens with one attached hydrogen (secondary N) is 1. The van der Waals surface area contributed by atoms with Gasteiger partial charge in [0.05, 0.1) is 16.1 Å². The smallest absolute Gasteiger partial charge is 0.160 e. The zero-order valence-electron chi connectivity index (χ0n) is 11.5. The molecule has 0 amide bonds. The van der Waals surface area contributed by atoms with Crippen LogP contribution >= 0.6 is 23.2 Å². The first kappa shape index (κ1) is 14.7. The Labute approximate surface area is 134 Å². The van der Waals surface area contributed by atoms with Gasteiger partial charge in [-0.1, -0.05) is 53.9 Å². The van der Waals surface area contributed by atoms with E-state index in [0.717, 1.165) is 24.9 Å². The van der Waals surface area contributed by atoms with E-state index in [9.17, 15) is 4.39 Å². The van der Waals surface area contributed by atoms with Gasteiger partial charge in [0.1, 0.15) is 0 Å². The normalized spacial score (nSPS) is 18.0. The van der Waals surface area contributed by atoms with E-state index in [-0.39, 0.29) is 16.1 Å². The zero-order valence-corrected chi connectivity index (χ0v) is 13.0. The SMILES string of the molecule is Fc1c(Cl)cc(NC2CCCCc3ccccc32)cc1Cl. The van der Waals surface area contributed by atoms with E-state index in [4.69, 9.17) is 23.2 Å². The highest BCUT2D eigenvalue weighted by Crippen LogP contribution is 2.34. The molecule has 2 aromatic carbocycles. The van der Waals surface area contributed by atoms with Crippen LogP contribution in [0.15, 0.2) is 36.4 Å². The number of aryl methyl sites for hydroxylation is 1. The Hall–Kier alpha value is -1.25. The second-order valence-electron chi connectivity index (χ2n) is 5.40. The first-order valence-electron chi connectivity index (χ1n) is 7.14. The maximum atomic E-state index is 13.5. The molecule has 1 atom stereocenters. The topological polar surface area (TPSA) is 12.0 Å². The molecular formula is C17H16Cl2FN. The quantitative estimate of drug-likeness (QED) is 0.527. The largest absolute Gasteiger partial charge is 0.378 e. The van der Waals surface area contributed by atoms with Gasteiger partial charge in [0, 0.05) is 5.69 Å². The summed E-state index contributed by atoms with van der Waals surface area (Å²) in [6, 6.07) is 11.9. The van der Waals surface area contributed by atoms with Crippen LogP contribution in [0.4, 0.5) is 10.1 Å². The van der Waals surface area contributed by atoms with Crippen LogP contribution in [0.2, 0.25) is 10.0 Å². The van der Waals surface area contributed by atoms with E-state index < -0.39 is 5.82 Å². The van der Waals surface area contributed by atoms with Gasteiger partial charge in [-0.2, -0.15) is 0 Å². The van der Waals surface area contributed by atoms with Crippen LogP contribution in [-0.4, -0.2) is 0 Å². The first-order valence-corrected chi connectivity index (χ1v) is 7.89. The van der Waals surface area contributed by atoms with Crippen molar-refractivity contribution in [3.05, 3.63) is 63.4 Å². The molecular weight excluding hydrogens is 308 g/mol. The highest BCUT2D eigenvalue weighted by atomic mass is 35.5. The van der Waals surface area contributed by atoms with E-state index in [1.54, 1.807) is 12.1 Å². The van der Waals surface area contributed by atoms with Gasteiger partial charge in [-0.15, -0.1) is 0 Å². The summed E-state index contributed by atoms with van der Waals surface area (Å²) >= 11 is 11.7. The van der Waals surface area contributed by atoms with Crippen LogP contribution in [0.1, 0.15) is 36.4 Å². The summed E-state index contributed by atoms with van der Waals surface area (Å²) in [6.45, 7) is 0. The summed E-state index contributed by atoms with van der Waals surface area (Å²) in [6.07, 6.45) is 4.51. The van der Waals surface area contributed by atoms with Crippen molar-refractivity contribution in [2.75, 3.05) is 5.32 Å². The Bertz CT molecular complexity index is 634. The summed E-state index contributed by atoms with van der Waals surface area (Å²) < 4.78 is 13.5. The minimum Gasteiger partial charge on any atom is -0.378 e. The standard InChI is InChI=1S/C17H16Cl2FN/c18-14-9-12(10-15(19)17(14)20)21-16-8-4-2-6-11-5-1-3-7-13(11)16/h1,3,5,7,9-10,16,21H,2,4,6,8H2. The van der Waals surface area contributed by atoms with Gasteiger partial charge >= 0.3 is 0 Å². The molecule has 21 heavy (non-hydrogen) atoms. The fourth-order valence-electron chi connectivity index (χ4n) is 2.91. The number of benzene rings is 2. The maximum Gasteiger partial charge on any atom is 0.160 e. The second-order valence-corrected chi connectivity index (χ2v) is 6.21. The second kappa shape index (κ2) is 6.25. The Balaban J connectivity index is 1.91. The van der Waals surface area contributed by atoms with Gasteiger partial charge < -0.3 is 5.32 Å². The average Bonchev–Trinajstić information content (AvgIpc) is 2.67. The molecule has 0 saturated heterocycles. The van der Waals surface area contributed by atoms with Crippen molar-refractivity contribution < 1.29 is 4.39 Å². The van der Waals surface area contributed by atoms with Crippen molar-refractivity contribution in [1.82, 2.24) is 0 Å². The average molecular weight is 324 g/mol. The molecule has 1 aliphatic rings. The summed E-state index contributed by atoms with van der Waals surface area (Å²) in [7, 11) is 0. The lowest BCUT2D eigenvalue weighted by molar-refractivity contribution is 0.627. The number of anilines is 1. The molecule has 0 aromatic heterocycles. The molecule has 0 saturated carbocycles. The Morgan fingerprint density at radius 2 is 1.76 bits per heavy atom. The number of rotatable bonds is 2. The van der Waals surface area contributed by atoms with Crippen molar-refractivity contribution in [1.29, 1.82) is 0 Å². The maximum absolute atomic E-state index is 13.5. The van der Waals surface area contributed by atoms with E-state index in [0.29, 0.717) is 0 Å². The summed E-state index contributed by atoms with van der Waals surface area (Å²) in [5, 5.41) is 3.55. The summed E-state index contributed by atoms with van der Waals surface area (Å²) in [5.41, 5.74) is 3.45. The van der Waals surface area contributed by atoms with Crippen LogP contribution < -0.4 is 5.32 Å². The van der Waals surface area contributed by atoms with E-state index in [2.05, 4.69) is 29.6 Å². The molecule has 0 bridgehead atoms. The van der Waals surface area contributed by atoms with Crippen LogP contribution in [0.5, 0.6) is 0 Å². The number of hydrogen-bond donors (Lipinski definition) is 1. The Morgan fingerprint density at radius 1 is 1.05 bits per heavy atom. The number of halogens is 3. The molecule has 0 heterocycles. The lowest BCUT2D eigenvalue weighted by atomic mass is 9.99. The molecule has 0 aliphatic heterocycles. The van der Waals surface area contributed by atoms with Crippen LogP contribution in [-0.2, 0) is 6.42 Å². The van der Waals surface area contributed by atoms with Gasteiger partial charge in [-0.05, 0) is 42.5 Å². The fraction of sp³-hybridized carbons (Fsp3) is 0.294. The van der Waals surface area contributed by atoms with E-state index >= 15 is 0 Å². The third-order valence-electron chi connectivity index (χ3n) is 3.94. The molecule has 0 fully saturated rings. The number of hydrogen-bond acceptors (Lipinski definition) is 1. The molecule has 1 nitrogen and oxygen atoms in total. The minimum atomic E-state index is -0.565. The van der Waals surface area contributed by atoms with Crippen LogP contribution in [0.3, 0.4) is 0 Å². The predicted octanol–water partition coefficient (Wildman–Crippen LogP) is 6.01. The highest BCUT2D eigenvalue weighted by molar-refractivity contribution is 6.35. The monoisotopic (exact) mass is 323 g/mol. The van der Waals surface area contributed by atoms with Gasteiger partial charge in [-0.25, -0.2) is 4.39 Å². The third kappa shape index (κ3) is 3.17. The van der Waals surface area contributed by atoms with Crippen LogP contribution in [0, 0.1) is 5.82 Å². The van der Waals surface area contributed by atoms with Crippen molar-refractivity contribution in [3.63, 3.8) is 0 Å². The molecule has 3 rings (SSSR count). The predicted molar refractivity (Wildman–Crippen MR) is 86.8 cm³/mol. The van der Waals surface area contributed by atoms with Crippen molar-refractivity contribution in [2.24, 2.45) is 0 Å². The summed E-state index contributed by atoms with van der Waals surface area (Å²) in [4.78, 5) is 0. The molecule has 0 spiro atoms. The highest BCUT2D eigenvalue weighted by Gasteiger charge is 2.19. The Morgan fingerprint density at radius 3 is 2.52 bits per heavy atom. The molecule has 1 aliphatic carbocycles. The van der Waals surface area contributed by atoms with Crippen molar-refractivity contribution >= 4 is 28.9 Å². The van der Waals surface area contributed by atoms with Crippen molar-refractivity contribution in [3.8, 4) is 0 Å².